The Balaban J connectivity index is 1.82. The fourth-order valence-electron chi connectivity index (χ4n) is 3.82. The van der Waals surface area contributed by atoms with E-state index in [1.807, 2.05) is 32.9 Å². The number of benzene rings is 3. The summed E-state index contributed by atoms with van der Waals surface area (Å²) in [6.45, 7) is 6.15. The highest BCUT2D eigenvalue weighted by Crippen LogP contribution is 2.36. The van der Waals surface area contributed by atoms with Crippen LogP contribution in [-0.2, 0) is 9.59 Å². The summed E-state index contributed by atoms with van der Waals surface area (Å²) in [6.07, 6.45) is 0. The van der Waals surface area contributed by atoms with Gasteiger partial charge in [0, 0.05) is 11.8 Å². The Morgan fingerprint density at radius 1 is 0.909 bits per heavy atom. The number of imide groups is 1. The first-order chi connectivity index (χ1) is 15.8. The maximum absolute atomic E-state index is 14.5. The van der Waals surface area contributed by atoms with E-state index in [0.29, 0.717) is 29.7 Å². The third-order valence-electron chi connectivity index (χ3n) is 5.32. The predicted octanol–water partition coefficient (Wildman–Crippen LogP) is 5.38. The minimum absolute atomic E-state index is 0.0137. The van der Waals surface area contributed by atoms with Gasteiger partial charge in [0.15, 0.2) is 0 Å². The van der Waals surface area contributed by atoms with Crippen LogP contribution in [0.15, 0.2) is 66.4 Å². The summed E-state index contributed by atoms with van der Waals surface area (Å²) in [5.74, 6) is -2.56. The maximum atomic E-state index is 14.5. The van der Waals surface area contributed by atoms with Gasteiger partial charge >= 0.3 is 0 Å². The highest BCUT2D eigenvalue weighted by atomic mass is 19.1. The van der Waals surface area contributed by atoms with Crippen molar-refractivity contribution in [3.05, 3.63) is 94.7 Å². The number of halogens is 2. The van der Waals surface area contributed by atoms with Gasteiger partial charge in [0.25, 0.3) is 11.8 Å². The standard InChI is InChI=1S/C26H22F2N2O3/c1-4-33-19-9-7-18(8-10-19)29-24-23(20-11-5-15(2)13-16(20)3)25(31)30(26(24)32)22-12-6-17(27)14-21(22)28/h5-14,29H,4H2,1-3H3. The van der Waals surface area contributed by atoms with Crippen LogP contribution in [0, 0.1) is 25.5 Å². The van der Waals surface area contributed by atoms with Crippen molar-refractivity contribution in [2.75, 3.05) is 16.8 Å². The molecule has 0 radical (unpaired) electrons. The topological polar surface area (TPSA) is 58.6 Å². The van der Waals surface area contributed by atoms with Crippen molar-refractivity contribution in [3.8, 4) is 5.75 Å². The Hall–Kier alpha value is -4.00. The summed E-state index contributed by atoms with van der Waals surface area (Å²) < 4.78 is 33.4. The second-order valence-corrected chi connectivity index (χ2v) is 7.69. The van der Waals surface area contributed by atoms with Gasteiger partial charge < -0.3 is 10.1 Å². The van der Waals surface area contributed by atoms with Crippen LogP contribution in [0.5, 0.6) is 5.75 Å². The first kappa shape index (κ1) is 22.2. The van der Waals surface area contributed by atoms with E-state index in [1.165, 1.54) is 0 Å². The minimum atomic E-state index is -1.00. The molecular formula is C26H22F2N2O3. The molecule has 0 aliphatic carbocycles. The van der Waals surface area contributed by atoms with Gasteiger partial charge in [-0.05, 0) is 68.3 Å². The first-order valence-corrected chi connectivity index (χ1v) is 10.5. The Bertz CT molecular complexity index is 1280. The largest absolute Gasteiger partial charge is 0.494 e. The van der Waals surface area contributed by atoms with Gasteiger partial charge in [0.2, 0.25) is 0 Å². The van der Waals surface area contributed by atoms with E-state index in [4.69, 9.17) is 4.74 Å². The number of carbonyl (C=O) groups is 2. The lowest BCUT2D eigenvalue weighted by molar-refractivity contribution is -0.120. The second kappa shape index (κ2) is 8.86. The number of anilines is 2. The fraction of sp³-hybridized carbons (Fsp3) is 0.154. The van der Waals surface area contributed by atoms with Gasteiger partial charge in [-0.1, -0.05) is 23.8 Å². The lowest BCUT2D eigenvalue weighted by Gasteiger charge is -2.16. The molecule has 33 heavy (non-hydrogen) atoms. The van der Waals surface area contributed by atoms with Crippen molar-refractivity contribution in [1.82, 2.24) is 0 Å². The van der Waals surface area contributed by atoms with Gasteiger partial charge in [0.1, 0.15) is 23.1 Å². The number of nitrogens with zero attached hydrogens (tertiary/aromatic N) is 1. The van der Waals surface area contributed by atoms with Crippen molar-refractivity contribution in [2.45, 2.75) is 20.8 Å². The van der Waals surface area contributed by atoms with E-state index in [-0.39, 0.29) is 17.0 Å². The van der Waals surface area contributed by atoms with Gasteiger partial charge in [-0.3, -0.25) is 9.59 Å². The first-order valence-electron chi connectivity index (χ1n) is 10.5. The van der Waals surface area contributed by atoms with E-state index >= 15 is 0 Å². The number of hydrogen-bond donors (Lipinski definition) is 1. The van der Waals surface area contributed by atoms with Crippen LogP contribution in [-0.4, -0.2) is 18.4 Å². The number of amides is 2. The molecule has 3 aromatic carbocycles. The van der Waals surface area contributed by atoms with Gasteiger partial charge in [0.05, 0.1) is 17.9 Å². The monoisotopic (exact) mass is 448 g/mol. The van der Waals surface area contributed by atoms with Gasteiger partial charge in [-0.2, -0.15) is 0 Å². The van der Waals surface area contributed by atoms with Crippen molar-refractivity contribution < 1.29 is 23.1 Å². The molecule has 2 amide bonds. The Morgan fingerprint density at radius 3 is 2.27 bits per heavy atom. The summed E-state index contributed by atoms with van der Waals surface area (Å²) in [5, 5.41) is 3.03. The number of carbonyl (C=O) groups excluding carboxylic acids is 2. The molecule has 1 aliphatic heterocycles. The number of aryl methyl sites for hydroxylation is 2. The molecule has 0 spiro atoms. The summed E-state index contributed by atoms with van der Waals surface area (Å²) in [5.41, 5.74) is 2.72. The third-order valence-corrected chi connectivity index (χ3v) is 5.32. The van der Waals surface area contributed by atoms with Crippen LogP contribution in [0.2, 0.25) is 0 Å². The molecule has 0 unspecified atom stereocenters. The molecule has 3 aromatic rings. The van der Waals surface area contributed by atoms with E-state index in [0.717, 1.165) is 28.2 Å². The van der Waals surface area contributed by atoms with Crippen LogP contribution in [0.25, 0.3) is 5.57 Å². The average Bonchev–Trinajstić information content (AvgIpc) is 3.00. The highest BCUT2D eigenvalue weighted by molar-refractivity contribution is 6.46. The molecule has 168 valence electrons. The van der Waals surface area contributed by atoms with Crippen molar-refractivity contribution in [3.63, 3.8) is 0 Å². The smallest absolute Gasteiger partial charge is 0.282 e. The Kier molecular flexibility index (Phi) is 5.96. The average molecular weight is 448 g/mol. The summed E-state index contributed by atoms with van der Waals surface area (Å²) in [4.78, 5) is 27.6. The fourth-order valence-corrected chi connectivity index (χ4v) is 3.82. The molecule has 4 rings (SSSR count). The molecular weight excluding hydrogens is 426 g/mol. The predicted molar refractivity (Wildman–Crippen MR) is 123 cm³/mol. The number of rotatable bonds is 6. The quantitative estimate of drug-likeness (QED) is 0.515. The summed E-state index contributed by atoms with van der Waals surface area (Å²) in [6, 6.07) is 15.1. The summed E-state index contributed by atoms with van der Waals surface area (Å²) in [7, 11) is 0. The molecule has 0 atom stereocenters. The van der Waals surface area contributed by atoms with Crippen LogP contribution >= 0.6 is 0 Å². The SMILES string of the molecule is CCOc1ccc(NC2=C(c3ccc(C)cc3C)C(=O)N(c3ccc(F)cc3F)C2=O)cc1. The highest BCUT2D eigenvalue weighted by Gasteiger charge is 2.41. The minimum Gasteiger partial charge on any atom is -0.494 e. The zero-order valence-corrected chi connectivity index (χ0v) is 18.4. The number of ether oxygens (including phenoxy) is 1. The normalized spacial score (nSPS) is 13.7. The molecule has 0 aromatic heterocycles. The zero-order chi connectivity index (χ0) is 23.7. The van der Waals surface area contributed by atoms with Gasteiger partial charge in [-0.15, -0.1) is 0 Å². The summed E-state index contributed by atoms with van der Waals surface area (Å²) >= 11 is 0. The molecule has 0 fully saturated rings. The molecule has 7 heteroatoms. The number of hydrogen-bond acceptors (Lipinski definition) is 4. The molecule has 0 saturated heterocycles. The van der Waals surface area contributed by atoms with Crippen LogP contribution in [0.1, 0.15) is 23.6 Å². The van der Waals surface area contributed by atoms with Crippen molar-refractivity contribution in [1.29, 1.82) is 0 Å². The van der Waals surface area contributed by atoms with E-state index in [1.54, 1.807) is 30.3 Å². The van der Waals surface area contributed by atoms with Crippen LogP contribution < -0.4 is 15.0 Å². The lowest BCUT2D eigenvalue weighted by atomic mass is 9.97. The second-order valence-electron chi connectivity index (χ2n) is 7.69. The molecule has 1 aliphatic rings. The van der Waals surface area contributed by atoms with Crippen LogP contribution in [0.4, 0.5) is 20.2 Å². The lowest BCUT2D eigenvalue weighted by Crippen LogP contribution is -2.33. The van der Waals surface area contributed by atoms with Crippen LogP contribution in [0.3, 0.4) is 0 Å². The Labute approximate surface area is 190 Å². The maximum Gasteiger partial charge on any atom is 0.282 e. The van der Waals surface area contributed by atoms with E-state index < -0.39 is 23.4 Å². The molecule has 0 bridgehead atoms. The molecule has 1 heterocycles. The zero-order valence-electron chi connectivity index (χ0n) is 18.4. The Morgan fingerprint density at radius 2 is 1.64 bits per heavy atom. The number of nitrogens with one attached hydrogen (secondary N) is 1. The van der Waals surface area contributed by atoms with Crippen molar-refractivity contribution >= 4 is 28.8 Å². The third kappa shape index (κ3) is 4.22. The van der Waals surface area contributed by atoms with E-state index in [2.05, 4.69) is 5.32 Å². The molecule has 1 N–H and O–H groups in total. The van der Waals surface area contributed by atoms with Gasteiger partial charge in [-0.25, -0.2) is 13.7 Å². The van der Waals surface area contributed by atoms with Crippen molar-refractivity contribution in [2.24, 2.45) is 0 Å². The molecule has 0 saturated carbocycles. The molecule has 5 nitrogen and oxygen atoms in total. The van der Waals surface area contributed by atoms with E-state index in [9.17, 15) is 18.4 Å².